The number of ketones is 2. The van der Waals surface area contributed by atoms with Gasteiger partial charge in [0, 0.05) is 67.0 Å². The molecule has 0 saturated carbocycles. The van der Waals surface area contributed by atoms with Crippen LogP contribution in [0.15, 0.2) is 89.9 Å². The van der Waals surface area contributed by atoms with E-state index in [1.54, 1.807) is 28.7 Å². The van der Waals surface area contributed by atoms with Crippen molar-refractivity contribution < 1.29 is 61.8 Å². The summed E-state index contributed by atoms with van der Waals surface area (Å²) in [4.78, 5) is 113. The van der Waals surface area contributed by atoms with E-state index in [1.807, 2.05) is 151 Å². The van der Waals surface area contributed by atoms with Gasteiger partial charge in [0.15, 0.2) is 11.6 Å². The van der Waals surface area contributed by atoms with E-state index in [0.717, 1.165) is 158 Å². The maximum Gasteiger partial charge on any atom is 0.277 e. The van der Waals surface area contributed by atoms with Gasteiger partial charge in [0.25, 0.3) is 5.91 Å². The van der Waals surface area contributed by atoms with Gasteiger partial charge in [0.05, 0.1) is 80.0 Å². The summed E-state index contributed by atoms with van der Waals surface area (Å²) < 4.78 is 43.7. The first-order valence-electron chi connectivity index (χ1n) is 40.3. The van der Waals surface area contributed by atoms with E-state index in [1.165, 1.54) is 47.6 Å². The summed E-state index contributed by atoms with van der Waals surface area (Å²) in [5, 5.41) is 29.8. The van der Waals surface area contributed by atoms with Crippen LogP contribution in [0.5, 0.6) is 0 Å². The number of likely N-dealkylation sites (tertiary alicyclic amines) is 2. The number of aliphatic hydroxyl groups excluding tert-OH is 2. The summed E-state index contributed by atoms with van der Waals surface area (Å²) >= 11 is 5.11. The SMILES string of the molecule is Cc1ncsc1-c1ccc([C@H](C)NC(=O)[C@@H]2C[C@@H](O)CN2C(=O)[C@@H](CC(=O)CCCCCCCCCCCCCCONC(=O)c2ccc(F)c(F)c2Nc2ccc(I)cc2F)C(C)(C)C)cc1.Cc1ncsc1-c1ccc([C@H](C)NC(=O)[C@@H]2C[C@@H](O)CN2C(=O)[C@@H](CC(=O)CCCCCCCCCCN)C(C)(C)C)cc1. The molecule has 2 fully saturated rings. The summed E-state index contributed by atoms with van der Waals surface area (Å²) in [5.74, 6) is -6.06. The Bertz CT molecular complexity index is 4000. The fourth-order valence-corrected chi connectivity index (χ4v) is 16.6. The fourth-order valence-electron chi connectivity index (χ4n) is 14.5. The molecule has 4 heterocycles. The average Bonchev–Trinajstić information content (AvgIpc) is 1.33. The molecule has 8 atom stereocenters. The number of carbonyl (C=O) groups is 7. The highest BCUT2D eigenvalue weighted by Crippen LogP contribution is 2.38. The fraction of sp³-hybridized carbons (Fsp3) is 0.575. The van der Waals surface area contributed by atoms with E-state index in [4.69, 9.17) is 10.6 Å². The zero-order chi connectivity index (χ0) is 81.7. The molecule has 614 valence electrons. The minimum atomic E-state index is -1.30. The van der Waals surface area contributed by atoms with Gasteiger partial charge in [-0.15, -0.1) is 22.7 Å². The van der Waals surface area contributed by atoms with Crippen molar-refractivity contribution in [2.45, 2.75) is 273 Å². The van der Waals surface area contributed by atoms with Gasteiger partial charge in [0.2, 0.25) is 23.6 Å². The lowest BCUT2D eigenvalue weighted by Crippen LogP contribution is -2.50. The number of nitrogens with zero attached hydrogens (tertiary/aromatic N) is 4. The third-order valence-electron chi connectivity index (χ3n) is 21.4. The predicted octanol–water partition coefficient (Wildman–Crippen LogP) is 18.4. The standard InChI is InChI=1S/C52H67F3IN5O6S.C35H54N4O4S/c1-33(35-19-21-36(22-20-35)48-34(2)57-32-68-48)58-50(65)45-30-39(63)31-61(45)51(66)41(52(3,4)5)29-38(62)18-16-14-12-10-8-6-7-9-11-13-15-17-27-67-60-49(64)40-24-25-42(53)46(55)47(40)59-44-26-23-37(56)28-43(44)54;1-24(26-15-17-27(18-16-26)32-25(2)37-23-44-32)38-33(42)31-21-29(41)22-39(31)34(43)30(35(3,4)5)20-28(40)14-12-10-8-6-7-9-11-13-19-36/h19-26,28,32-33,39,41,45,59,63H,6-18,27,29-31H2,1-5H3,(H,58,65)(H,60,64);15-18,23-24,29-31,41H,6-14,19-22,36H2,1-5H3,(H,38,42)/t33-,39+,41+,45-;24-,29+,30+,31-/m00/s1. The molecule has 2 saturated heterocycles. The first-order chi connectivity index (χ1) is 53.4. The monoisotopic (exact) mass is 1700 g/mol. The number of nitrogens with one attached hydrogen (secondary N) is 4. The zero-order valence-electron chi connectivity index (χ0n) is 67.3. The number of unbranched alkanes of at least 4 members (excludes halogenated alkanes) is 18. The van der Waals surface area contributed by atoms with Crippen LogP contribution in [-0.2, 0) is 33.6 Å². The van der Waals surface area contributed by atoms with Gasteiger partial charge < -0.3 is 41.7 Å². The summed E-state index contributed by atoms with van der Waals surface area (Å²) in [5.41, 5.74) is 15.7. The van der Waals surface area contributed by atoms with Crippen LogP contribution in [0.2, 0.25) is 0 Å². The van der Waals surface area contributed by atoms with Crippen LogP contribution >= 0.6 is 45.3 Å². The number of hydroxylamine groups is 1. The number of carbonyl (C=O) groups excluding carboxylic acids is 7. The van der Waals surface area contributed by atoms with Crippen LogP contribution in [0.1, 0.15) is 267 Å². The molecule has 5 amide bonds. The molecular weight excluding hydrogens is 1580 g/mol. The number of thiazole rings is 2. The number of aliphatic hydroxyl groups is 2. The Kier molecular flexibility index (Phi) is 37.8. The first-order valence-corrected chi connectivity index (χ1v) is 43.1. The van der Waals surface area contributed by atoms with Crippen molar-refractivity contribution in [1.29, 1.82) is 0 Å². The topological polar surface area (TPSA) is 276 Å². The molecule has 0 unspecified atom stereocenters. The number of Topliss-reactive ketones (excluding diaryl/α,β-unsaturated/α-hetero) is 2. The Hall–Kier alpha value is -7.01. The lowest BCUT2D eigenvalue weighted by atomic mass is 9.76. The maximum atomic E-state index is 14.7. The van der Waals surface area contributed by atoms with Crippen molar-refractivity contribution in [3.8, 4) is 20.9 Å². The Morgan fingerprint density at radius 3 is 1.35 bits per heavy atom. The Morgan fingerprint density at radius 2 is 0.964 bits per heavy atom. The lowest BCUT2D eigenvalue weighted by molar-refractivity contribution is -0.146. The van der Waals surface area contributed by atoms with Gasteiger partial charge in [-0.3, -0.25) is 38.4 Å². The van der Waals surface area contributed by atoms with E-state index >= 15 is 0 Å². The number of nitrogens with two attached hydrogens (primary N) is 1. The highest BCUT2D eigenvalue weighted by molar-refractivity contribution is 14.1. The Labute approximate surface area is 683 Å². The van der Waals surface area contributed by atoms with Gasteiger partial charge in [-0.2, -0.15) is 0 Å². The van der Waals surface area contributed by atoms with Crippen LogP contribution in [0.25, 0.3) is 20.9 Å². The van der Waals surface area contributed by atoms with E-state index in [9.17, 15) is 56.9 Å². The number of amides is 5. The smallest absolute Gasteiger partial charge is 0.277 e. The van der Waals surface area contributed by atoms with Crippen LogP contribution in [0.3, 0.4) is 0 Å². The predicted molar refractivity (Wildman–Crippen MR) is 448 cm³/mol. The second-order valence-electron chi connectivity index (χ2n) is 32.5. The Balaban J connectivity index is 0.000000341. The van der Waals surface area contributed by atoms with Gasteiger partial charge in [0.1, 0.15) is 29.5 Å². The van der Waals surface area contributed by atoms with Crippen molar-refractivity contribution in [3.63, 3.8) is 0 Å². The second-order valence-corrected chi connectivity index (χ2v) is 35.5. The van der Waals surface area contributed by atoms with E-state index in [2.05, 4.69) is 31.4 Å². The van der Waals surface area contributed by atoms with Crippen molar-refractivity contribution >= 4 is 97.7 Å². The largest absolute Gasteiger partial charge is 0.391 e. The summed E-state index contributed by atoms with van der Waals surface area (Å²) in [7, 11) is 0. The molecule has 2 aliphatic heterocycles. The van der Waals surface area contributed by atoms with Crippen LogP contribution in [-0.4, -0.2) is 122 Å². The van der Waals surface area contributed by atoms with Crippen molar-refractivity contribution in [2.24, 2.45) is 28.4 Å². The molecule has 0 spiro atoms. The molecule has 8 N–H and O–H groups in total. The number of hydrogen-bond donors (Lipinski definition) is 7. The molecule has 25 heteroatoms. The molecule has 112 heavy (non-hydrogen) atoms. The number of anilines is 2. The molecule has 0 radical (unpaired) electrons. The molecule has 8 rings (SSSR count). The maximum absolute atomic E-state index is 14.7. The van der Waals surface area contributed by atoms with E-state index in [-0.39, 0.29) is 104 Å². The zero-order valence-corrected chi connectivity index (χ0v) is 71.1. The van der Waals surface area contributed by atoms with Crippen LogP contribution in [0, 0.1) is 57.5 Å². The molecule has 4 aromatic carbocycles. The number of aromatic nitrogens is 2. The number of benzene rings is 4. The Morgan fingerprint density at radius 1 is 0.562 bits per heavy atom. The van der Waals surface area contributed by atoms with Crippen molar-refractivity contribution in [3.05, 3.63) is 139 Å². The normalized spacial score (nSPS) is 16.8. The molecule has 0 aliphatic carbocycles. The summed E-state index contributed by atoms with van der Waals surface area (Å²) in [6.45, 7) is 20.7. The minimum Gasteiger partial charge on any atom is -0.391 e. The summed E-state index contributed by atoms with van der Waals surface area (Å²) in [6, 6.07) is 20.0. The second kappa shape index (κ2) is 45.9. The number of β-amino-alcohol motifs (C(OH)–C–C–N with tert-alkyl or cyclic N) is 2. The van der Waals surface area contributed by atoms with Crippen LogP contribution in [0.4, 0.5) is 24.5 Å². The molecule has 6 aromatic rings. The van der Waals surface area contributed by atoms with Crippen molar-refractivity contribution in [2.75, 3.05) is 31.6 Å². The number of hydrogen-bond acceptors (Lipinski definition) is 16. The van der Waals surface area contributed by atoms with Gasteiger partial charge in [-0.05, 0) is 146 Å². The molecule has 2 aromatic heterocycles. The third kappa shape index (κ3) is 28.8. The number of halogens is 4. The number of rotatable bonds is 43. The molecule has 0 bridgehead atoms. The first kappa shape index (κ1) is 92.2. The van der Waals surface area contributed by atoms with E-state index < -0.39 is 76.0 Å². The lowest BCUT2D eigenvalue weighted by Gasteiger charge is -2.35. The molecular formula is C87H121F3IN9O10S2. The van der Waals surface area contributed by atoms with Gasteiger partial charge in [-0.1, -0.05) is 193 Å². The number of aryl methyl sites for hydroxylation is 2. The minimum absolute atomic E-state index is 0.0435. The highest BCUT2D eigenvalue weighted by Gasteiger charge is 2.46. The van der Waals surface area contributed by atoms with E-state index in [0.29, 0.717) is 22.8 Å². The summed E-state index contributed by atoms with van der Waals surface area (Å²) in [6.07, 6.45) is 20.8. The highest BCUT2D eigenvalue weighted by atomic mass is 127. The van der Waals surface area contributed by atoms with Gasteiger partial charge in [-0.25, -0.2) is 28.6 Å². The van der Waals surface area contributed by atoms with Crippen molar-refractivity contribution in [1.82, 2.24) is 35.9 Å². The van der Waals surface area contributed by atoms with Gasteiger partial charge >= 0.3 is 0 Å². The molecule has 2 aliphatic rings. The van der Waals surface area contributed by atoms with Crippen LogP contribution < -0.4 is 27.2 Å². The average molecular weight is 1700 g/mol. The molecule has 19 nitrogen and oxygen atoms in total. The third-order valence-corrected chi connectivity index (χ3v) is 24.0. The quantitative estimate of drug-likeness (QED) is 0.0107.